The van der Waals surface area contributed by atoms with Gasteiger partial charge in [0.2, 0.25) is 0 Å². The number of piperazine rings is 1. The highest BCUT2D eigenvalue weighted by atomic mass is 79.9. The number of fused-ring (bicyclic) bond motifs is 1. The van der Waals surface area contributed by atoms with Crippen LogP contribution in [-0.2, 0) is 0 Å². The van der Waals surface area contributed by atoms with Gasteiger partial charge in [-0.05, 0) is 35.0 Å². The second kappa shape index (κ2) is 5.63. The van der Waals surface area contributed by atoms with Gasteiger partial charge in [-0.2, -0.15) is 0 Å². The third kappa shape index (κ3) is 2.59. The number of thiophene rings is 1. The van der Waals surface area contributed by atoms with Crippen LogP contribution in [0.1, 0.15) is 17.8 Å². The third-order valence-electron chi connectivity index (χ3n) is 4.04. The highest BCUT2D eigenvalue weighted by molar-refractivity contribution is 9.11. The molecule has 3 rings (SSSR count). The Bertz CT molecular complexity index is 506. The molecule has 2 saturated heterocycles. The normalized spacial score (nSPS) is 26.2. The Morgan fingerprint density at radius 1 is 1.50 bits per heavy atom. The molecule has 0 aliphatic carbocycles. The maximum absolute atomic E-state index is 11.7. The van der Waals surface area contributed by atoms with Crippen molar-refractivity contribution in [1.82, 2.24) is 15.1 Å². The maximum Gasteiger partial charge on any atom is 0.317 e. The number of carbonyl (C=O) groups is 1. The maximum atomic E-state index is 11.7. The number of rotatable bonds is 3. The van der Waals surface area contributed by atoms with Crippen LogP contribution in [0.3, 0.4) is 0 Å². The van der Waals surface area contributed by atoms with Crippen molar-refractivity contribution in [1.29, 1.82) is 0 Å². The molecule has 1 aromatic heterocycles. The number of nitrogens with zero attached hydrogens (tertiary/aromatic N) is 2. The van der Waals surface area contributed by atoms with E-state index in [0.29, 0.717) is 0 Å². The summed E-state index contributed by atoms with van der Waals surface area (Å²) in [5, 5.41) is 2.92. The molecule has 0 saturated carbocycles. The Morgan fingerprint density at radius 3 is 2.95 bits per heavy atom. The van der Waals surface area contributed by atoms with Gasteiger partial charge in [0, 0.05) is 37.1 Å². The largest absolute Gasteiger partial charge is 0.336 e. The van der Waals surface area contributed by atoms with Gasteiger partial charge in [-0.25, -0.2) is 4.79 Å². The van der Waals surface area contributed by atoms with E-state index in [0.717, 1.165) is 30.0 Å². The number of amides is 2. The first kappa shape index (κ1) is 14.3. The molecule has 3 heterocycles. The minimum atomic E-state index is 0.0668. The summed E-state index contributed by atoms with van der Waals surface area (Å²) in [7, 11) is 0. The van der Waals surface area contributed by atoms with E-state index in [1.165, 1.54) is 4.88 Å². The minimum Gasteiger partial charge on any atom is -0.336 e. The number of urea groups is 1. The van der Waals surface area contributed by atoms with Gasteiger partial charge in [-0.15, -0.1) is 11.3 Å². The van der Waals surface area contributed by atoms with Crippen LogP contribution in [0.4, 0.5) is 4.79 Å². The molecule has 3 N–H and O–H groups in total. The van der Waals surface area contributed by atoms with Crippen molar-refractivity contribution in [3.63, 3.8) is 0 Å². The Morgan fingerprint density at radius 2 is 2.30 bits per heavy atom. The van der Waals surface area contributed by atoms with Crippen LogP contribution in [0.15, 0.2) is 15.9 Å². The number of hydrogen-bond donors (Lipinski definition) is 2. The van der Waals surface area contributed by atoms with Crippen molar-refractivity contribution in [2.75, 3.05) is 26.2 Å². The van der Waals surface area contributed by atoms with Crippen molar-refractivity contribution in [3.05, 3.63) is 20.8 Å². The summed E-state index contributed by atoms with van der Waals surface area (Å²) < 4.78 is 1.13. The second-order valence-electron chi connectivity index (χ2n) is 5.47. The van der Waals surface area contributed by atoms with Gasteiger partial charge in [0.05, 0.1) is 15.9 Å². The van der Waals surface area contributed by atoms with Crippen molar-refractivity contribution < 1.29 is 4.79 Å². The lowest BCUT2D eigenvalue weighted by molar-refractivity contribution is 0.0809. The first-order valence-corrected chi connectivity index (χ1v) is 8.46. The molecule has 20 heavy (non-hydrogen) atoms. The molecule has 0 aromatic carbocycles. The first-order chi connectivity index (χ1) is 9.56. The van der Waals surface area contributed by atoms with E-state index in [2.05, 4.69) is 45.2 Å². The van der Waals surface area contributed by atoms with E-state index in [1.807, 2.05) is 4.90 Å². The first-order valence-electron chi connectivity index (χ1n) is 6.85. The van der Waals surface area contributed by atoms with Crippen LogP contribution in [0.25, 0.3) is 0 Å². The summed E-state index contributed by atoms with van der Waals surface area (Å²) in [6.45, 7) is 5.36. The SMILES string of the molecule is CC(N)C(c1ccc(Br)s1)N1CCN2C(=O)NCC2C1. The Hall–Kier alpha value is -0.630. The van der Waals surface area contributed by atoms with Gasteiger partial charge < -0.3 is 16.0 Å². The Kier molecular flexibility index (Phi) is 4.03. The number of nitrogens with two attached hydrogens (primary N) is 1. The highest BCUT2D eigenvalue weighted by Gasteiger charge is 2.38. The van der Waals surface area contributed by atoms with Crippen molar-refractivity contribution in [2.24, 2.45) is 5.73 Å². The van der Waals surface area contributed by atoms with Crippen molar-refractivity contribution >= 4 is 33.3 Å². The van der Waals surface area contributed by atoms with E-state index in [-0.39, 0.29) is 24.2 Å². The number of carbonyl (C=O) groups excluding carboxylic acids is 1. The lowest BCUT2D eigenvalue weighted by Crippen LogP contribution is -2.55. The van der Waals surface area contributed by atoms with Gasteiger partial charge >= 0.3 is 6.03 Å². The van der Waals surface area contributed by atoms with E-state index in [9.17, 15) is 4.79 Å². The summed E-state index contributed by atoms with van der Waals surface area (Å²) in [5.74, 6) is 0. The topological polar surface area (TPSA) is 61.6 Å². The monoisotopic (exact) mass is 358 g/mol. The van der Waals surface area contributed by atoms with E-state index in [1.54, 1.807) is 11.3 Å². The molecule has 2 amide bonds. The molecule has 5 nitrogen and oxygen atoms in total. The molecule has 2 fully saturated rings. The molecular formula is C13H19BrN4OS. The lowest BCUT2D eigenvalue weighted by atomic mass is 10.0. The van der Waals surface area contributed by atoms with E-state index in [4.69, 9.17) is 5.73 Å². The molecule has 0 spiro atoms. The van der Waals surface area contributed by atoms with Gasteiger partial charge in [0.25, 0.3) is 0 Å². The fourth-order valence-electron chi connectivity index (χ4n) is 3.14. The molecule has 3 unspecified atom stereocenters. The van der Waals surface area contributed by atoms with Crippen LogP contribution in [0, 0.1) is 0 Å². The zero-order valence-electron chi connectivity index (χ0n) is 11.4. The fraction of sp³-hybridized carbons (Fsp3) is 0.615. The summed E-state index contributed by atoms with van der Waals surface area (Å²) >= 11 is 5.27. The molecule has 1 aromatic rings. The fourth-order valence-corrected chi connectivity index (χ4v) is 4.81. The second-order valence-corrected chi connectivity index (χ2v) is 7.97. The predicted octanol–water partition coefficient (Wildman–Crippen LogP) is 1.61. The summed E-state index contributed by atoms with van der Waals surface area (Å²) in [5.41, 5.74) is 6.23. The number of halogens is 1. The third-order valence-corrected chi connectivity index (χ3v) is 5.74. The van der Waals surface area contributed by atoms with Gasteiger partial charge in [0.1, 0.15) is 0 Å². The average molecular weight is 359 g/mol. The molecule has 0 radical (unpaired) electrons. The quantitative estimate of drug-likeness (QED) is 0.862. The molecule has 3 atom stereocenters. The molecule has 7 heteroatoms. The number of hydrogen-bond acceptors (Lipinski definition) is 4. The van der Waals surface area contributed by atoms with Crippen molar-refractivity contribution in [3.8, 4) is 0 Å². The molecular weight excluding hydrogens is 340 g/mol. The van der Waals surface area contributed by atoms with Crippen LogP contribution in [-0.4, -0.2) is 54.1 Å². The highest BCUT2D eigenvalue weighted by Crippen LogP contribution is 2.33. The molecule has 110 valence electrons. The molecule has 0 bridgehead atoms. The molecule has 2 aliphatic heterocycles. The predicted molar refractivity (Wildman–Crippen MR) is 83.9 cm³/mol. The lowest BCUT2D eigenvalue weighted by Gasteiger charge is -2.41. The van der Waals surface area contributed by atoms with E-state index >= 15 is 0 Å². The van der Waals surface area contributed by atoms with Crippen LogP contribution in [0.5, 0.6) is 0 Å². The van der Waals surface area contributed by atoms with Gasteiger partial charge in [-0.3, -0.25) is 4.90 Å². The molecule has 2 aliphatic rings. The summed E-state index contributed by atoms with van der Waals surface area (Å²) in [6.07, 6.45) is 0. The Labute approximate surface area is 131 Å². The number of nitrogens with one attached hydrogen (secondary N) is 1. The smallest absolute Gasteiger partial charge is 0.317 e. The zero-order valence-corrected chi connectivity index (χ0v) is 13.8. The van der Waals surface area contributed by atoms with Crippen LogP contribution < -0.4 is 11.1 Å². The van der Waals surface area contributed by atoms with Crippen LogP contribution >= 0.6 is 27.3 Å². The Balaban J connectivity index is 1.78. The van der Waals surface area contributed by atoms with Gasteiger partial charge in [0.15, 0.2) is 0 Å². The van der Waals surface area contributed by atoms with Gasteiger partial charge in [-0.1, -0.05) is 0 Å². The summed E-state index contributed by atoms with van der Waals surface area (Å²) in [4.78, 5) is 17.3. The average Bonchev–Trinajstić information content (AvgIpc) is 2.97. The van der Waals surface area contributed by atoms with Crippen molar-refractivity contribution in [2.45, 2.75) is 25.0 Å². The van der Waals surface area contributed by atoms with Crippen LogP contribution in [0.2, 0.25) is 0 Å². The minimum absolute atomic E-state index is 0.0668. The standard InChI is InChI=1S/C13H19BrN4OS/c1-8(15)12(10-2-3-11(14)20-10)17-4-5-18-9(7-17)6-16-13(18)19/h2-3,8-9,12H,4-7,15H2,1H3,(H,16,19). The zero-order chi connectivity index (χ0) is 14.3. The summed E-state index contributed by atoms with van der Waals surface area (Å²) in [6, 6.07) is 4.87. The van der Waals surface area contributed by atoms with E-state index < -0.39 is 0 Å².